The summed E-state index contributed by atoms with van der Waals surface area (Å²) in [5, 5.41) is 1.39. The fraction of sp³-hybridized carbons (Fsp3) is 0. The summed E-state index contributed by atoms with van der Waals surface area (Å²) in [7, 11) is 0. The van der Waals surface area contributed by atoms with Gasteiger partial charge >= 0.3 is 0 Å². The number of hydrogen-bond donors (Lipinski definition) is 0. The molecule has 2 aromatic rings. The molecule has 0 aliphatic rings. The summed E-state index contributed by atoms with van der Waals surface area (Å²) in [5.41, 5.74) is 0. The van der Waals surface area contributed by atoms with Gasteiger partial charge in [0.2, 0.25) is 0 Å². The number of halogens is 3. The van der Waals surface area contributed by atoms with Crippen LogP contribution < -0.4 is 0 Å². The van der Waals surface area contributed by atoms with Gasteiger partial charge in [0.15, 0.2) is 0 Å². The number of benzene rings is 1. The Morgan fingerprint density at radius 2 is 1.92 bits per heavy atom. The van der Waals surface area contributed by atoms with Crippen LogP contribution in [-0.2, 0) is 0 Å². The Morgan fingerprint density at radius 1 is 1.15 bits per heavy atom. The molecule has 0 amide bonds. The van der Waals surface area contributed by atoms with Crippen LogP contribution in [0.25, 0.3) is 10.8 Å². The van der Waals surface area contributed by atoms with Gasteiger partial charge in [-0.25, -0.2) is 9.37 Å². The minimum Gasteiger partial charge on any atom is -0.224 e. The van der Waals surface area contributed by atoms with Gasteiger partial charge in [0.05, 0.1) is 0 Å². The zero-order valence-corrected chi connectivity index (χ0v) is 7.90. The zero-order valence-electron chi connectivity index (χ0n) is 6.39. The molecule has 2 rings (SSSR count). The number of nitrogens with zero attached hydrogens (tertiary/aromatic N) is 1. The second kappa shape index (κ2) is 3.13. The molecule has 0 N–H and O–H groups in total. The topological polar surface area (TPSA) is 12.9 Å². The van der Waals surface area contributed by atoms with Crippen molar-refractivity contribution in [3.05, 3.63) is 40.4 Å². The monoisotopic (exact) mass is 215 g/mol. The van der Waals surface area contributed by atoms with E-state index in [1.165, 1.54) is 12.1 Å². The molecule has 1 aromatic carbocycles. The minimum absolute atomic E-state index is 0.197. The van der Waals surface area contributed by atoms with Gasteiger partial charge in [-0.2, -0.15) is 0 Å². The van der Waals surface area contributed by atoms with Crippen molar-refractivity contribution in [2.45, 2.75) is 0 Å². The summed E-state index contributed by atoms with van der Waals surface area (Å²) >= 11 is 11.4. The Morgan fingerprint density at radius 3 is 2.69 bits per heavy atom. The van der Waals surface area contributed by atoms with Gasteiger partial charge < -0.3 is 0 Å². The summed E-state index contributed by atoms with van der Waals surface area (Å²) in [4.78, 5) is 3.81. The Bertz CT molecular complexity index is 470. The first-order chi connectivity index (χ1) is 6.18. The van der Waals surface area contributed by atoms with E-state index in [4.69, 9.17) is 23.2 Å². The molecule has 66 valence electrons. The molecular formula is C9H4Cl2FN. The molecule has 13 heavy (non-hydrogen) atoms. The summed E-state index contributed by atoms with van der Waals surface area (Å²) in [6.07, 6.45) is 0. The second-order valence-electron chi connectivity index (χ2n) is 2.57. The average molecular weight is 216 g/mol. The molecule has 0 saturated heterocycles. The highest BCUT2D eigenvalue weighted by atomic mass is 35.5. The standard InChI is InChI=1S/C9H4Cl2FN/c10-8-4-6-5(9(11)13-8)2-1-3-7(6)12/h1-4H. The van der Waals surface area contributed by atoms with E-state index in [1.807, 2.05) is 0 Å². The molecule has 0 unspecified atom stereocenters. The smallest absolute Gasteiger partial charge is 0.138 e. The second-order valence-corrected chi connectivity index (χ2v) is 3.32. The lowest BCUT2D eigenvalue weighted by Crippen LogP contribution is -1.84. The van der Waals surface area contributed by atoms with E-state index in [9.17, 15) is 4.39 Å². The van der Waals surface area contributed by atoms with Gasteiger partial charge in [-0.05, 0) is 12.1 Å². The van der Waals surface area contributed by atoms with Crippen molar-refractivity contribution in [3.8, 4) is 0 Å². The van der Waals surface area contributed by atoms with Crippen LogP contribution in [0.5, 0.6) is 0 Å². The first kappa shape index (κ1) is 8.73. The maximum atomic E-state index is 13.2. The maximum absolute atomic E-state index is 13.2. The third kappa shape index (κ3) is 1.47. The number of aromatic nitrogens is 1. The first-order valence-electron chi connectivity index (χ1n) is 3.59. The minimum atomic E-state index is -0.344. The molecule has 0 bridgehead atoms. The molecule has 4 heteroatoms. The van der Waals surface area contributed by atoms with Crippen molar-refractivity contribution in [2.75, 3.05) is 0 Å². The van der Waals surface area contributed by atoms with E-state index in [2.05, 4.69) is 4.98 Å². The van der Waals surface area contributed by atoms with E-state index in [-0.39, 0.29) is 16.1 Å². The van der Waals surface area contributed by atoms with Crippen LogP contribution in [0.3, 0.4) is 0 Å². The Hall–Kier alpha value is -0.860. The quantitative estimate of drug-likeness (QED) is 0.612. The van der Waals surface area contributed by atoms with Gasteiger partial charge in [-0.1, -0.05) is 35.3 Å². The van der Waals surface area contributed by atoms with Gasteiger partial charge in [-0.15, -0.1) is 0 Å². The average Bonchev–Trinajstić information content (AvgIpc) is 2.07. The van der Waals surface area contributed by atoms with E-state index in [0.29, 0.717) is 10.8 Å². The molecule has 0 saturated carbocycles. The van der Waals surface area contributed by atoms with Gasteiger partial charge in [0, 0.05) is 10.8 Å². The van der Waals surface area contributed by atoms with Gasteiger partial charge in [0.1, 0.15) is 16.1 Å². The molecular weight excluding hydrogens is 212 g/mol. The van der Waals surface area contributed by atoms with E-state index >= 15 is 0 Å². The fourth-order valence-corrected chi connectivity index (χ4v) is 1.66. The lowest BCUT2D eigenvalue weighted by molar-refractivity contribution is 0.640. The summed E-state index contributed by atoms with van der Waals surface area (Å²) in [6, 6.07) is 6.09. The number of pyridine rings is 1. The Labute approximate surface area is 84.1 Å². The van der Waals surface area contributed by atoms with Crippen molar-refractivity contribution in [2.24, 2.45) is 0 Å². The lowest BCUT2D eigenvalue weighted by Gasteiger charge is -2.00. The lowest BCUT2D eigenvalue weighted by atomic mass is 10.2. The molecule has 1 heterocycles. The number of fused-ring (bicyclic) bond motifs is 1. The third-order valence-electron chi connectivity index (χ3n) is 1.74. The van der Waals surface area contributed by atoms with E-state index < -0.39 is 0 Å². The van der Waals surface area contributed by atoms with Crippen LogP contribution >= 0.6 is 23.2 Å². The predicted octanol–water partition coefficient (Wildman–Crippen LogP) is 3.68. The van der Waals surface area contributed by atoms with E-state index in [0.717, 1.165) is 0 Å². The molecule has 0 atom stereocenters. The predicted molar refractivity (Wildman–Crippen MR) is 51.7 cm³/mol. The van der Waals surface area contributed by atoms with Crippen LogP contribution in [0.1, 0.15) is 0 Å². The molecule has 0 radical (unpaired) electrons. The van der Waals surface area contributed by atoms with Crippen LogP contribution in [0.2, 0.25) is 10.3 Å². The molecule has 1 aromatic heterocycles. The molecule has 0 fully saturated rings. The molecule has 0 spiro atoms. The first-order valence-corrected chi connectivity index (χ1v) is 4.34. The summed E-state index contributed by atoms with van der Waals surface area (Å²) in [6.45, 7) is 0. The highest BCUT2D eigenvalue weighted by Gasteiger charge is 2.05. The Kier molecular flexibility index (Phi) is 2.10. The third-order valence-corrected chi connectivity index (χ3v) is 2.23. The highest BCUT2D eigenvalue weighted by molar-refractivity contribution is 6.36. The molecule has 0 aliphatic carbocycles. The fourth-order valence-electron chi connectivity index (χ4n) is 1.17. The Balaban J connectivity index is 2.94. The van der Waals surface area contributed by atoms with Crippen LogP contribution in [0, 0.1) is 5.82 Å². The van der Waals surface area contributed by atoms with Gasteiger partial charge in [0.25, 0.3) is 0 Å². The van der Waals surface area contributed by atoms with Crippen LogP contribution in [0.15, 0.2) is 24.3 Å². The van der Waals surface area contributed by atoms with Gasteiger partial charge in [-0.3, -0.25) is 0 Å². The largest absolute Gasteiger partial charge is 0.224 e. The summed E-state index contributed by atoms with van der Waals surface area (Å²) < 4.78 is 13.2. The van der Waals surface area contributed by atoms with Crippen molar-refractivity contribution < 1.29 is 4.39 Å². The maximum Gasteiger partial charge on any atom is 0.138 e. The number of hydrogen-bond acceptors (Lipinski definition) is 1. The van der Waals surface area contributed by atoms with Crippen LogP contribution in [-0.4, -0.2) is 4.98 Å². The zero-order chi connectivity index (χ0) is 9.42. The SMILES string of the molecule is Fc1cccc2c(Cl)nc(Cl)cc12. The van der Waals surface area contributed by atoms with Crippen molar-refractivity contribution >= 4 is 34.0 Å². The molecule has 0 aliphatic heterocycles. The normalized spacial score (nSPS) is 10.7. The highest BCUT2D eigenvalue weighted by Crippen LogP contribution is 2.26. The van der Waals surface area contributed by atoms with Crippen molar-refractivity contribution in [1.29, 1.82) is 0 Å². The van der Waals surface area contributed by atoms with Crippen molar-refractivity contribution in [3.63, 3.8) is 0 Å². The van der Waals surface area contributed by atoms with E-state index in [1.54, 1.807) is 12.1 Å². The molecule has 1 nitrogen and oxygen atoms in total. The van der Waals surface area contributed by atoms with Crippen LogP contribution in [0.4, 0.5) is 4.39 Å². The van der Waals surface area contributed by atoms with Crippen molar-refractivity contribution in [1.82, 2.24) is 4.98 Å². The summed E-state index contributed by atoms with van der Waals surface area (Å²) in [5.74, 6) is -0.344. The number of rotatable bonds is 0.